The summed E-state index contributed by atoms with van der Waals surface area (Å²) in [7, 11) is 1.65. The molecule has 1 aliphatic heterocycles. The van der Waals surface area contributed by atoms with Crippen molar-refractivity contribution in [2.24, 2.45) is 0 Å². The molecule has 0 spiro atoms. The smallest absolute Gasteiger partial charge is 0.184 e. The molecule has 0 N–H and O–H groups in total. The molecule has 3 heteroatoms. The highest BCUT2D eigenvalue weighted by Gasteiger charge is 2.30. The van der Waals surface area contributed by atoms with Crippen LogP contribution in [0.3, 0.4) is 0 Å². The number of rotatable bonds is 2. The Hall–Kier alpha value is -1.06. The Morgan fingerprint density at radius 3 is 2.00 bits per heavy atom. The van der Waals surface area contributed by atoms with E-state index in [9.17, 15) is 0 Å². The van der Waals surface area contributed by atoms with Gasteiger partial charge < -0.3 is 14.2 Å². The Balaban J connectivity index is 2.10. The molecule has 0 amide bonds. The summed E-state index contributed by atoms with van der Waals surface area (Å²) in [5.41, 5.74) is 1.03. The van der Waals surface area contributed by atoms with Crippen LogP contribution >= 0.6 is 0 Å². The van der Waals surface area contributed by atoms with Crippen LogP contribution in [0.5, 0.6) is 5.75 Å². The van der Waals surface area contributed by atoms with Crippen molar-refractivity contribution in [3.8, 4) is 5.75 Å². The molecule has 0 unspecified atom stereocenters. The summed E-state index contributed by atoms with van der Waals surface area (Å²) in [6.07, 6.45) is 0.0649. The Morgan fingerprint density at radius 1 is 1.00 bits per heavy atom. The van der Waals surface area contributed by atoms with Crippen molar-refractivity contribution in [1.82, 2.24) is 0 Å². The normalized spacial score (nSPS) is 26.9. The second-order valence-electron chi connectivity index (χ2n) is 3.79. The fourth-order valence-electron chi connectivity index (χ4n) is 1.56. The van der Waals surface area contributed by atoms with E-state index in [2.05, 4.69) is 0 Å². The molecular weight excluding hydrogens is 192 g/mol. The summed E-state index contributed by atoms with van der Waals surface area (Å²) in [5, 5.41) is 0. The molecule has 0 bridgehead atoms. The summed E-state index contributed by atoms with van der Waals surface area (Å²) in [5.74, 6) is 0.845. The van der Waals surface area contributed by atoms with Crippen LogP contribution in [0.4, 0.5) is 0 Å². The molecule has 1 heterocycles. The van der Waals surface area contributed by atoms with Gasteiger partial charge in [0, 0.05) is 5.56 Å². The molecule has 0 aromatic heterocycles. The number of methoxy groups -OCH3 is 1. The van der Waals surface area contributed by atoms with E-state index in [0.29, 0.717) is 0 Å². The van der Waals surface area contributed by atoms with E-state index in [1.807, 2.05) is 38.1 Å². The van der Waals surface area contributed by atoms with Gasteiger partial charge in [-0.05, 0) is 26.0 Å². The van der Waals surface area contributed by atoms with Gasteiger partial charge >= 0.3 is 0 Å². The van der Waals surface area contributed by atoms with Crippen LogP contribution in [0, 0.1) is 0 Å². The predicted octanol–water partition coefficient (Wildman–Crippen LogP) is 2.52. The molecule has 15 heavy (non-hydrogen) atoms. The first-order chi connectivity index (χ1) is 7.20. The van der Waals surface area contributed by atoms with Crippen molar-refractivity contribution in [3.63, 3.8) is 0 Å². The third kappa shape index (κ3) is 2.13. The quantitative estimate of drug-likeness (QED) is 0.747. The Morgan fingerprint density at radius 2 is 1.53 bits per heavy atom. The summed E-state index contributed by atoms with van der Waals surface area (Å²) >= 11 is 0. The van der Waals surface area contributed by atoms with Crippen LogP contribution in [0.2, 0.25) is 0 Å². The zero-order valence-corrected chi connectivity index (χ0v) is 9.27. The fourth-order valence-corrected chi connectivity index (χ4v) is 1.56. The van der Waals surface area contributed by atoms with Gasteiger partial charge in [0.1, 0.15) is 5.75 Å². The molecule has 1 saturated heterocycles. The first-order valence-corrected chi connectivity index (χ1v) is 5.15. The zero-order valence-electron chi connectivity index (χ0n) is 9.27. The predicted molar refractivity (Wildman–Crippen MR) is 56.8 cm³/mol. The highest BCUT2D eigenvalue weighted by Crippen LogP contribution is 2.31. The van der Waals surface area contributed by atoms with Gasteiger partial charge in [-0.15, -0.1) is 0 Å². The largest absolute Gasteiger partial charge is 0.497 e. The average Bonchev–Trinajstić information content (AvgIpc) is 2.59. The Kier molecular flexibility index (Phi) is 2.93. The lowest BCUT2D eigenvalue weighted by Crippen LogP contribution is -2.13. The number of ether oxygens (including phenoxy) is 3. The van der Waals surface area contributed by atoms with Gasteiger partial charge in [-0.1, -0.05) is 12.1 Å². The molecule has 1 fully saturated rings. The maximum Gasteiger partial charge on any atom is 0.184 e. The zero-order chi connectivity index (χ0) is 10.8. The van der Waals surface area contributed by atoms with Crippen LogP contribution in [0.15, 0.2) is 24.3 Å². The van der Waals surface area contributed by atoms with Gasteiger partial charge in [0.25, 0.3) is 0 Å². The third-order valence-electron chi connectivity index (χ3n) is 2.73. The van der Waals surface area contributed by atoms with Gasteiger partial charge in [0.05, 0.1) is 19.3 Å². The first-order valence-electron chi connectivity index (χ1n) is 5.15. The molecule has 0 aliphatic carbocycles. The van der Waals surface area contributed by atoms with Crippen molar-refractivity contribution < 1.29 is 14.2 Å². The first kappa shape index (κ1) is 10.5. The molecule has 3 nitrogen and oxygen atoms in total. The van der Waals surface area contributed by atoms with Gasteiger partial charge in [-0.3, -0.25) is 0 Å². The summed E-state index contributed by atoms with van der Waals surface area (Å²) in [4.78, 5) is 0. The molecule has 1 aromatic rings. The second-order valence-corrected chi connectivity index (χ2v) is 3.79. The molecule has 1 aromatic carbocycles. The van der Waals surface area contributed by atoms with E-state index >= 15 is 0 Å². The van der Waals surface area contributed by atoms with Gasteiger partial charge in [-0.25, -0.2) is 0 Å². The van der Waals surface area contributed by atoms with E-state index in [4.69, 9.17) is 14.2 Å². The molecule has 1 aliphatic rings. The molecule has 2 rings (SSSR count). The van der Waals surface area contributed by atoms with Gasteiger partial charge in [0.2, 0.25) is 0 Å². The lowest BCUT2D eigenvalue weighted by Gasteiger charge is -2.10. The minimum Gasteiger partial charge on any atom is -0.497 e. The van der Waals surface area contributed by atoms with E-state index in [1.165, 1.54) is 0 Å². The van der Waals surface area contributed by atoms with Crippen LogP contribution < -0.4 is 4.74 Å². The monoisotopic (exact) mass is 208 g/mol. The SMILES string of the molecule is COc1ccc(C2O[C@@H](C)[C@H](C)O2)cc1. The third-order valence-corrected chi connectivity index (χ3v) is 2.73. The van der Waals surface area contributed by atoms with Gasteiger partial charge in [0.15, 0.2) is 6.29 Å². The van der Waals surface area contributed by atoms with E-state index in [1.54, 1.807) is 7.11 Å². The maximum absolute atomic E-state index is 5.67. The number of benzene rings is 1. The highest BCUT2D eigenvalue weighted by atomic mass is 16.7. The number of hydrogen-bond donors (Lipinski definition) is 0. The molecule has 0 radical (unpaired) electrons. The van der Waals surface area contributed by atoms with Crippen molar-refractivity contribution in [2.45, 2.75) is 32.3 Å². The fraction of sp³-hybridized carbons (Fsp3) is 0.500. The Bertz CT molecular complexity index is 310. The van der Waals surface area contributed by atoms with E-state index < -0.39 is 0 Å². The molecule has 2 atom stereocenters. The van der Waals surface area contributed by atoms with Crippen molar-refractivity contribution in [1.29, 1.82) is 0 Å². The minimum atomic E-state index is -0.235. The molecular formula is C12H16O3. The van der Waals surface area contributed by atoms with Crippen LogP contribution in [0.1, 0.15) is 25.7 Å². The molecule has 82 valence electrons. The van der Waals surface area contributed by atoms with Gasteiger partial charge in [-0.2, -0.15) is 0 Å². The Labute approximate surface area is 90.0 Å². The van der Waals surface area contributed by atoms with Crippen molar-refractivity contribution in [2.75, 3.05) is 7.11 Å². The van der Waals surface area contributed by atoms with Crippen LogP contribution in [-0.4, -0.2) is 19.3 Å². The minimum absolute atomic E-state index is 0.150. The van der Waals surface area contributed by atoms with E-state index in [0.717, 1.165) is 11.3 Å². The number of hydrogen-bond acceptors (Lipinski definition) is 3. The van der Waals surface area contributed by atoms with Crippen molar-refractivity contribution in [3.05, 3.63) is 29.8 Å². The summed E-state index contributed by atoms with van der Waals surface area (Å²) in [6.45, 7) is 4.04. The summed E-state index contributed by atoms with van der Waals surface area (Å²) < 4.78 is 16.4. The average molecular weight is 208 g/mol. The maximum atomic E-state index is 5.67. The highest BCUT2D eigenvalue weighted by molar-refractivity contribution is 5.28. The summed E-state index contributed by atoms with van der Waals surface area (Å²) in [6, 6.07) is 7.76. The standard InChI is InChI=1S/C12H16O3/c1-8-9(2)15-12(14-8)10-4-6-11(13-3)7-5-10/h4-9,12H,1-3H3/t8-,9-/m0/s1. The van der Waals surface area contributed by atoms with Crippen molar-refractivity contribution >= 4 is 0 Å². The van der Waals surface area contributed by atoms with Crippen LogP contribution in [0.25, 0.3) is 0 Å². The molecule has 0 saturated carbocycles. The topological polar surface area (TPSA) is 27.7 Å². The van der Waals surface area contributed by atoms with E-state index in [-0.39, 0.29) is 18.5 Å². The van der Waals surface area contributed by atoms with Crippen LogP contribution in [-0.2, 0) is 9.47 Å². The lowest BCUT2D eigenvalue weighted by molar-refractivity contribution is -0.0652. The lowest BCUT2D eigenvalue weighted by atomic mass is 10.2. The second kappa shape index (κ2) is 4.21.